The molecule has 18 heavy (non-hydrogen) atoms. The van der Waals surface area contributed by atoms with E-state index >= 15 is 0 Å². The maximum Gasteiger partial charge on any atom is 0.103 e. The second-order valence-electron chi connectivity index (χ2n) is 5.41. The zero-order chi connectivity index (χ0) is 13.0. The van der Waals surface area contributed by atoms with E-state index in [4.69, 9.17) is 4.74 Å². The molecule has 1 aromatic rings. The molecule has 2 nitrogen and oxygen atoms in total. The van der Waals surface area contributed by atoms with Gasteiger partial charge in [-0.3, -0.25) is 0 Å². The van der Waals surface area contributed by atoms with E-state index in [1.165, 1.54) is 5.56 Å². The number of aliphatic hydroxyl groups is 1. The Morgan fingerprint density at radius 3 is 2.50 bits per heavy atom. The van der Waals surface area contributed by atoms with Crippen molar-refractivity contribution in [3.05, 3.63) is 47.2 Å². The summed E-state index contributed by atoms with van der Waals surface area (Å²) in [5.74, 6) is 0.662. The van der Waals surface area contributed by atoms with Crippen LogP contribution in [0.15, 0.2) is 36.1 Å². The van der Waals surface area contributed by atoms with Crippen LogP contribution >= 0.6 is 0 Å². The van der Waals surface area contributed by atoms with Crippen molar-refractivity contribution in [3.8, 4) is 0 Å². The molecule has 0 aliphatic carbocycles. The van der Waals surface area contributed by atoms with Gasteiger partial charge in [-0.25, -0.2) is 0 Å². The van der Waals surface area contributed by atoms with E-state index in [0.29, 0.717) is 5.92 Å². The topological polar surface area (TPSA) is 29.5 Å². The zero-order valence-electron chi connectivity index (χ0n) is 11.2. The van der Waals surface area contributed by atoms with E-state index in [0.717, 1.165) is 37.0 Å². The lowest BCUT2D eigenvalue weighted by Crippen LogP contribution is -2.08. The number of aliphatic hydroxyl groups excluding tert-OH is 1. The SMILES string of the molecule is CC(C)Cc1ccc(C(O)C2=COCCC2)cc1. The molecule has 0 radical (unpaired) electrons. The molecular weight excluding hydrogens is 224 g/mol. The van der Waals surface area contributed by atoms with Crippen LogP contribution in [0.4, 0.5) is 0 Å². The number of hydrogen-bond acceptors (Lipinski definition) is 2. The third-order valence-electron chi connectivity index (χ3n) is 3.25. The highest BCUT2D eigenvalue weighted by molar-refractivity contribution is 5.29. The van der Waals surface area contributed by atoms with Gasteiger partial charge in [0.1, 0.15) is 6.10 Å². The van der Waals surface area contributed by atoms with Gasteiger partial charge in [0, 0.05) is 0 Å². The fraction of sp³-hybridized carbons (Fsp3) is 0.500. The van der Waals surface area contributed by atoms with Crippen LogP contribution in [-0.2, 0) is 11.2 Å². The molecular formula is C16H22O2. The summed E-state index contributed by atoms with van der Waals surface area (Å²) in [6.45, 7) is 5.20. The van der Waals surface area contributed by atoms with Crippen molar-refractivity contribution in [2.45, 2.75) is 39.2 Å². The summed E-state index contributed by atoms with van der Waals surface area (Å²) in [5.41, 5.74) is 3.27. The molecule has 0 saturated carbocycles. The molecule has 1 aliphatic heterocycles. The van der Waals surface area contributed by atoms with Gasteiger partial charge >= 0.3 is 0 Å². The molecule has 1 atom stereocenters. The van der Waals surface area contributed by atoms with Gasteiger partial charge in [-0.05, 0) is 41.9 Å². The van der Waals surface area contributed by atoms with Gasteiger partial charge < -0.3 is 9.84 Å². The summed E-state index contributed by atoms with van der Waals surface area (Å²) >= 11 is 0. The van der Waals surface area contributed by atoms with E-state index < -0.39 is 6.10 Å². The molecule has 1 aromatic carbocycles. The van der Waals surface area contributed by atoms with E-state index in [-0.39, 0.29) is 0 Å². The van der Waals surface area contributed by atoms with Crippen molar-refractivity contribution < 1.29 is 9.84 Å². The van der Waals surface area contributed by atoms with Crippen LogP contribution in [0.5, 0.6) is 0 Å². The summed E-state index contributed by atoms with van der Waals surface area (Å²) in [4.78, 5) is 0. The Kier molecular flexibility index (Phi) is 4.43. The van der Waals surface area contributed by atoms with Crippen molar-refractivity contribution >= 4 is 0 Å². The monoisotopic (exact) mass is 246 g/mol. The minimum Gasteiger partial charge on any atom is -0.501 e. The minimum atomic E-state index is -0.515. The van der Waals surface area contributed by atoms with Crippen LogP contribution in [-0.4, -0.2) is 11.7 Å². The lowest BCUT2D eigenvalue weighted by Gasteiger charge is -2.19. The Balaban J connectivity index is 2.06. The van der Waals surface area contributed by atoms with Gasteiger partial charge in [0.2, 0.25) is 0 Å². The summed E-state index contributed by atoms with van der Waals surface area (Å²) in [5, 5.41) is 10.3. The van der Waals surface area contributed by atoms with Crippen molar-refractivity contribution in [2.24, 2.45) is 5.92 Å². The van der Waals surface area contributed by atoms with E-state index in [1.807, 2.05) is 12.1 Å². The Bertz CT molecular complexity index is 404. The first-order valence-electron chi connectivity index (χ1n) is 6.74. The zero-order valence-corrected chi connectivity index (χ0v) is 11.2. The van der Waals surface area contributed by atoms with Gasteiger partial charge in [-0.15, -0.1) is 0 Å². The molecule has 1 aliphatic rings. The molecule has 0 spiro atoms. The van der Waals surface area contributed by atoms with E-state index in [1.54, 1.807) is 6.26 Å². The van der Waals surface area contributed by atoms with Crippen LogP contribution in [0.2, 0.25) is 0 Å². The first-order chi connectivity index (χ1) is 8.66. The highest BCUT2D eigenvalue weighted by atomic mass is 16.5. The lowest BCUT2D eigenvalue weighted by atomic mass is 9.95. The molecule has 0 amide bonds. The Morgan fingerprint density at radius 1 is 1.22 bits per heavy atom. The smallest absolute Gasteiger partial charge is 0.103 e. The summed E-state index contributed by atoms with van der Waals surface area (Å²) < 4.78 is 5.28. The van der Waals surface area contributed by atoms with E-state index in [2.05, 4.69) is 26.0 Å². The Labute approximate surface area is 109 Å². The predicted octanol–water partition coefficient (Wildman–Crippen LogP) is 3.61. The highest BCUT2D eigenvalue weighted by Gasteiger charge is 2.16. The predicted molar refractivity (Wildman–Crippen MR) is 73.2 cm³/mol. The number of rotatable bonds is 4. The molecule has 0 fully saturated rings. The molecule has 0 aromatic heterocycles. The molecule has 0 bridgehead atoms. The third kappa shape index (κ3) is 3.36. The quantitative estimate of drug-likeness (QED) is 0.879. The fourth-order valence-corrected chi connectivity index (χ4v) is 2.31. The maximum atomic E-state index is 10.3. The van der Waals surface area contributed by atoms with Crippen LogP contribution < -0.4 is 0 Å². The number of benzene rings is 1. The van der Waals surface area contributed by atoms with E-state index in [9.17, 15) is 5.11 Å². The van der Waals surface area contributed by atoms with Gasteiger partial charge in [0.15, 0.2) is 0 Å². The number of ether oxygens (including phenoxy) is 1. The normalized spacial score (nSPS) is 17.2. The Hall–Kier alpha value is -1.28. The standard InChI is InChI=1S/C16H22O2/c1-12(2)10-13-5-7-14(8-6-13)16(17)15-4-3-9-18-11-15/h5-8,11-12,16-17H,3-4,9-10H2,1-2H3. The van der Waals surface area contributed by atoms with Crippen molar-refractivity contribution in [1.82, 2.24) is 0 Å². The van der Waals surface area contributed by atoms with Gasteiger partial charge in [0.25, 0.3) is 0 Å². The van der Waals surface area contributed by atoms with Crippen LogP contribution in [0.3, 0.4) is 0 Å². The second kappa shape index (κ2) is 6.05. The average molecular weight is 246 g/mol. The largest absolute Gasteiger partial charge is 0.501 e. The first-order valence-corrected chi connectivity index (χ1v) is 6.74. The summed E-state index contributed by atoms with van der Waals surface area (Å²) in [7, 11) is 0. The van der Waals surface area contributed by atoms with Gasteiger partial charge in [-0.1, -0.05) is 38.1 Å². The highest BCUT2D eigenvalue weighted by Crippen LogP contribution is 2.27. The number of hydrogen-bond donors (Lipinski definition) is 1. The lowest BCUT2D eigenvalue weighted by molar-refractivity contribution is 0.170. The van der Waals surface area contributed by atoms with Crippen molar-refractivity contribution in [2.75, 3.05) is 6.61 Å². The Morgan fingerprint density at radius 2 is 1.94 bits per heavy atom. The van der Waals surface area contributed by atoms with Crippen molar-refractivity contribution in [1.29, 1.82) is 0 Å². The molecule has 1 heterocycles. The molecule has 2 heteroatoms. The first kappa shape index (κ1) is 13.2. The second-order valence-corrected chi connectivity index (χ2v) is 5.41. The van der Waals surface area contributed by atoms with Crippen LogP contribution in [0.25, 0.3) is 0 Å². The fourth-order valence-electron chi connectivity index (χ4n) is 2.31. The van der Waals surface area contributed by atoms with Crippen molar-refractivity contribution in [3.63, 3.8) is 0 Å². The summed E-state index contributed by atoms with van der Waals surface area (Å²) in [6.07, 6.45) is 4.21. The maximum absolute atomic E-state index is 10.3. The van der Waals surface area contributed by atoms with Gasteiger partial charge in [-0.2, -0.15) is 0 Å². The molecule has 1 N–H and O–H groups in total. The average Bonchev–Trinajstić information content (AvgIpc) is 2.39. The molecule has 98 valence electrons. The molecule has 2 rings (SSSR count). The molecule has 0 saturated heterocycles. The van der Waals surface area contributed by atoms with Crippen LogP contribution in [0, 0.1) is 5.92 Å². The van der Waals surface area contributed by atoms with Gasteiger partial charge in [0.05, 0.1) is 12.9 Å². The summed E-state index contributed by atoms with van der Waals surface area (Å²) in [6, 6.07) is 8.28. The minimum absolute atomic E-state index is 0.515. The third-order valence-corrected chi connectivity index (χ3v) is 3.25. The van der Waals surface area contributed by atoms with Crippen LogP contribution in [0.1, 0.15) is 43.9 Å². The molecule has 1 unspecified atom stereocenters.